The number of thioether (sulfide) groups is 1. The molecule has 0 fully saturated rings. The number of aryl methyl sites for hydroxylation is 1. The molecular weight excluding hydrogens is 334 g/mol. The van der Waals surface area contributed by atoms with Crippen LogP contribution in [-0.2, 0) is 9.59 Å². The molecule has 0 aliphatic carbocycles. The summed E-state index contributed by atoms with van der Waals surface area (Å²) < 4.78 is 26.3. The molecule has 24 heavy (non-hydrogen) atoms. The van der Waals surface area contributed by atoms with Crippen LogP contribution in [0.3, 0.4) is 0 Å². The normalized spacial score (nSPS) is 10.3. The van der Waals surface area contributed by atoms with Gasteiger partial charge in [0, 0.05) is 5.69 Å². The Kier molecular flexibility index (Phi) is 6.31. The fraction of sp³-hybridized carbons (Fsp3) is 0.176. The van der Waals surface area contributed by atoms with Gasteiger partial charge in [0.2, 0.25) is 11.8 Å². The highest BCUT2D eigenvalue weighted by molar-refractivity contribution is 8.00. The number of rotatable bonds is 6. The lowest BCUT2D eigenvalue weighted by Gasteiger charge is -2.08. The largest absolute Gasteiger partial charge is 0.325 e. The Bertz CT molecular complexity index is 736. The minimum Gasteiger partial charge on any atom is -0.325 e. The second kappa shape index (κ2) is 8.44. The first kappa shape index (κ1) is 17.9. The van der Waals surface area contributed by atoms with E-state index in [1.165, 1.54) is 30.3 Å². The number of anilines is 2. The highest BCUT2D eigenvalue weighted by atomic mass is 32.2. The number of nitrogens with one attached hydrogen (secondary N) is 2. The predicted molar refractivity (Wildman–Crippen MR) is 92.1 cm³/mol. The van der Waals surface area contributed by atoms with Gasteiger partial charge in [-0.1, -0.05) is 6.07 Å². The molecule has 0 atom stereocenters. The molecule has 126 valence electrons. The molecule has 4 nitrogen and oxygen atoms in total. The summed E-state index contributed by atoms with van der Waals surface area (Å²) in [7, 11) is 0. The molecule has 0 radical (unpaired) electrons. The molecule has 0 unspecified atom stereocenters. The van der Waals surface area contributed by atoms with Gasteiger partial charge >= 0.3 is 0 Å². The first-order valence-electron chi connectivity index (χ1n) is 7.13. The van der Waals surface area contributed by atoms with E-state index in [9.17, 15) is 18.4 Å². The van der Waals surface area contributed by atoms with Gasteiger partial charge in [-0.25, -0.2) is 8.78 Å². The van der Waals surface area contributed by atoms with E-state index in [1.807, 2.05) is 0 Å². The molecule has 0 bridgehead atoms. The van der Waals surface area contributed by atoms with E-state index in [1.54, 1.807) is 19.1 Å². The molecule has 2 aromatic carbocycles. The van der Waals surface area contributed by atoms with Gasteiger partial charge in [0.1, 0.15) is 11.6 Å². The molecule has 0 saturated heterocycles. The number of benzene rings is 2. The lowest BCUT2D eigenvalue weighted by Crippen LogP contribution is -2.19. The van der Waals surface area contributed by atoms with Gasteiger partial charge in [0.15, 0.2) is 0 Å². The van der Waals surface area contributed by atoms with Gasteiger partial charge in [0.25, 0.3) is 0 Å². The minimum atomic E-state index is -0.506. The van der Waals surface area contributed by atoms with Crippen LogP contribution in [0.5, 0.6) is 0 Å². The molecule has 0 saturated carbocycles. The Morgan fingerprint density at radius 3 is 2.25 bits per heavy atom. The zero-order valence-corrected chi connectivity index (χ0v) is 13.8. The summed E-state index contributed by atoms with van der Waals surface area (Å²) in [5.74, 6) is -1.51. The summed E-state index contributed by atoms with van der Waals surface area (Å²) in [5.41, 5.74) is 1.43. The maximum absolute atomic E-state index is 13.5. The van der Waals surface area contributed by atoms with E-state index >= 15 is 0 Å². The third kappa shape index (κ3) is 5.66. The van der Waals surface area contributed by atoms with Crippen LogP contribution in [0, 0.1) is 18.6 Å². The minimum absolute atomic E-state index is 0.0181. The van der Waals surface area contributed by atoms with Gasteiger partial charge in [-0.2, -0.15) is 0 Å². The summed E-state index contributed by atoms with van der Waals surface area (Å²) in [6, 6.07) is 9.82. The lowest BCUT2D eigenvalue weighted by molar-refractivity contribution is -0.114. The van der Waals surface area contributed by atoms with Crippen molar-refractivity contribution < 1.29 is 18.4 Å². The van der Waals surface area contributed by atoms with E-state index in [-0.39, 0.29) is 34.8 Å². The molecule has 2 amide bonds. The van der Waals surface area contributed by atoms with Crippen molar-refractivity contribution in [2.45, 2.75) is 6.92 Å². The standard InChI is InChI=1S/C17H16F2N2O2S/c1-11-2-7-14(19)15(8-11)21-17(23)10-24-9-16(22)20-13-5-3-12(18)4-6-13/h2-8H,9-10H2,1H3,(H,20,22)(H,21,23). The lowest BCUT2D eigenvalue weighted by atomic mass is 10.2. The zero-order chi connectivity index (χ0) is 17.5. The Hall–Kier alpha value is -2.41. The summed E-state index contributed by atoms with van der Waals surface area (Å²) >= 11 is 1.10. The third-order valence-electron chi connectivity index (χ3n) is 2.99. The molecule has 2 aromatic rings. The number of halogens is 2. The van der Waals surface area contributed by atoms with Crippen LogP contribution < -0.4 is 10.6 Å². The number of hydrogen-bond acceptors (Lipinski definition) is 3. The van der Waals surface area contributed by atoms with Gasteiger partial charge < -0.3 is 10.6 Å². The SMILES string of the molecule is Cc1ccc(F)c(NC(=O)CSCC(=O)Nc2ccc(F)cc2)c1. The fourth-order valence-corrected chi connectivity index (χ4v) is 2.51. The second-order valence-electron chi connectivity index (χ2n) is 5.08. The van der Waals surface area contributed by atoms with Crippen molar-refractivity contribution in [2.24, 2.45) is 0 Å². The zero-order valence-electron chi connectivity index (χ0n) is 12.9. The van der Waals surface area contributed by atoms with Crippen molar-refractivity contribution in [2.75, 3.05) is 22.1 Å². The first-order chi connectivity index (χ1) is 11.4. The summed E-state index contributed by atoms with van der Waals surface area (Å²) in [4.78, 5) is 23.5. The summed E-state index contributed by atoms with van der Waals surface area (Å²) in [5, 5.41) is 5.06. The molecule has 2 rings (SSSR count). The van der Waals surface area contributed by atoms with Gasteiger partial charge in [-0.05, 0) is 48.9 Å². The van der Waals surface area contributed by atoms with Crippen molar-refractivity contribution in [3.8, 4) is 0 Å². The van der Waals surface area contributed by atoms with E-state index in [0.29, 0.717) is 5.69 Å². The topological polar surface area (TPSA) is 58.2 Å². The van der Waals surface area contributed by atoms with E-state index < -0.39 is 5.82 Å². The summed E-state index contributed by atoms with van der Waals surface area (Å²) in [6.45, 7) is 1.80. The fourth-order valence-electron chi connectivity index (χ4n) is 1.89. The van der Waals surface area contributed by atoms with E-state index in [0.717, 1.165) is 17.3 Å². The highest BCUT2D eigenvalue weighted by Crippen LogP contribution is 2.16. The van der Waals surface area contributed by atoms with Crippen molar-refractivity contribution in [1.29, 1.82) is 0 Å². The maximum Gasteiger partial charge on any atom is 0.234 e. The molecule has 2 N–H and O–H groups in total. The molecule has 0 aliphatic heterocycles. The third-order valence-corrected chi connectivity index (χ3v) is 3.92. The van der Waals surface area contributed by atoms with Crippen LogP contribution in [0.4, 0.5) is 20.2 Å². The average molecular weight is 350 g/mol. The van der Waals surface area contributed by atoms with Crippen LogP contribution in [-0.4, -0.2) is 23.3 Å². The summed E-state index contributed by atoms with van der Waals surface area (Å²) in [6.07, 6.45) is 0. The smallest absolute Gasteiger partial charge is 0.234 e. The molecule has 7 heteroatoms. The van der Waals surface area contributed by atoms with Crippen molar-refractivity contribution in [1.82, 2.24) is 0 Å². The van der Waals surface area contributed by atoms with Gasteiger partial charge in [0.05, 0.1) is 17.2 Å². The Morgan fingerprint density at radius 2 is 1.58 bits per heavy atom. The van der Waals surface area contributed by atoms with Crippen molar-refractivity contribution >= 4 is 35.0 Å². The van der Waals surface area contributed by atoms with E-state index in [2.05, 4.69) is 10.6 Å². The van der Waals surface area contributed by atoms with Crippen LogP contribution in [0.1, 0.15) is 5.56 Å². The maximum atomic E-state index is 13.5. The number of hydrogen-bond donors (Lipinski definition) is 2. The van der Waals surface area contributed by atoms with Gasteiger partial charge in [-0.15, -0.1) is 11.8 Å². The number of amides is 2. The average Bonchev–Trinajstić information content (AvgIpc) is 2.53. The highest BCUT2D eigenvalue weighted by Gasteiger charge is 2.09. The van der Waals surface area contributed by atoms with Gasteiger partial charge in [-0.3, -0.25) is 9.59 Å². The predicted octanol–water partition coefficient (Wildman–Crippen LogP) is 3.58. The van der Waals surface area contributed by atoms with E-state index in [4.69, 9.17) is 0 Å². The molecule has 0 aromatic heterocycles. The number of carbonyl (C=O) groups excluding carboxylic acids is 2. The Labute approximate surface area is 142 Å². The van der Waals surface area contributed by atoms with Crippen LogP contribution in [0.15, 0.2) is 42.5 Å². The Morgan fingerprint density at radius 1 is 0.958 bits per heavy atom. The van der Waals surface area contributed by atoms with Crippen LogP contribution in [0.25, 0.3) is 0 Å². The molecule has 0 heterocycles. The quantitative estimate of drug-likeness (QED) is 0.837. The molecule has 0 aliphatic rings. The second-order valence-corrected chi connectivity index (χ2v) is 6.06. The van der Waals surface area contributed by atoms with Crippen molar-refractivity contribution in [3.63, 3.8) is 0 Å². The van der Waals surface area contributed by atoms with Crippen molar-refractivity contribution in [3.05, 3.63) is 59.7 Å². The number of carbonyl (C=O) groups is 2. The first-order valence-corrected chi connectivity index (χ1v) is 8.28. The molecule has 0 spiro atoms. The van der Waals surface area contributed by atoms with Crippen LogP contribution in [0.2, 0.25) is 0 Å². The van der Waals surface area contributed by atoms with Crippen LogP contribution >= 0.6 is 11.8 Å². The Balaban J connectivity index is 1.75. The monoisotopic (exact) mass is 350 g/mol. The molecular formula is C17H16F2N2O2S.